The molecule has 0 aliphatic heterocycles. The lowest BCUT2D eigenvalue weighted by Crippen LogP contribution is -2.33. The maximum atomic E-state index is 6.42. The van der Waals surface area contributed by atoms with Crippen molar-refractivity contribution < 1.29 is 9.47 Å². The SMILES string of the molecule is COc1cccc(-c2ccc(OCCCCNC(C)C)c(-c3ccc4c(c3)C(C)(C)CCC4(C)C)c2)c1. The second-order valence-electron chi connectivity index (χ2n) is 12.1. The summed E-state index contributed by atoms with van der Waals surface area (Å²) in [5.74, 6) is 1.82. The standard InChI is InChI=1S/C34H45NO2/c1-24(2)35-19-8-9-20-37-32-16-14-26(25-11-10-12-28(21-25)36-7)22-29(32)27-13-15-30-31(23-27)34(5,6)18-17-33(30,3)4/h10-16,21-24,35H,8-9,17-20H2,1-7H3. The third-order valence-corrected chi connectivity index (χ3v) is 7.93. The van der Waals surface area contributed by atoms with Crippen LogP contribution in [0.25, 0.3) is 22.3 Å². The van der Waals surface area contributed by atoms with Crippen LogP contribution in [-0.2, 0) is 10.8 Å². The summed E-state index contributed by atoms with van der Waals surface area (Å²) in [5.41, 5.74) is 8.01. The van der Waals surface area contributed by atoms with E-state index in [2.05, 4.69) is 95.4 Å². The van der Waals surface area contributed by atoms with Gasteiger partial charge in [0.25, 0.3) is 0 Å². The Morgan fingerprint density at radius 2 is 1.49 bits per heavy atom. The van der Waals surface area contributed by atoms with Crippen molar-refractivity contribution in [2.24, 2.45) is 0 Å². The van der Waals surface area contributed by atoms with Gasteiger partial charge in [0.1, 0.15) is 11.5 Å². The molecule has 37 heavy (non-hydrogen) atoms. The molecule has 1 aliphatic carbocycles. The van der Waals surface area contributed by atoms with Crippen LogP contribution in [0.2, 0.25) is 0 Å². The van der Waals surface area contributed by atoms with E-state index in [0.717, 1.165) is 48.6 Å². The molecule has 0 bridgehead atoms. The highest BCUT2D eigenvalue weighted by molar-refractivity contribution is 5.79. The van der Waals surface area contributed by atoms with Crippen molar-refractivity contribution in [2.45, 2.75) is 84.1 Å². The van der Waals surface area contributed by atoms with Crippen molar-refractivity contribution in [3.8, 4) is 33.8 Å². The van der Waals surface area contributed by atoms with Crippen LogP contribution in [-0.4, -0.2) is 26.3 Å². The van der Waals surface area contributed by atoms with Crippen molar-refractivity contribution in [3.63, 3.8) is 0 Å². The molecule has 0 saturated carbocycles. The third-order valence-electron chi connectivity index (χ3n) is 7.93. The zero-order valence-corrected chi connectivity index (χ0v) is 23.9. The maximum Gasteiger partial charge on any atom is 0.127 e. The molecule has 0 fully saturated rings. The van der Waals surface area contributed by atoms with Crippen LogP contribution in [0.3, 0.4) is 0 Å². The van der Waals surface area contributed by atoms with Crippen LogP contribution in [0.4, 0.5) is 0 Å². The summed E-state index contributed by atoms with van der Waals surface area (Å²) < 4.78 is 11.9. The average Bonchev–Trinajstić information content (AvgIpc) is 2.88. The Bertz CT molecular complexity index is 1210. The molecule has 198 valence electrons. The molecule has 0 heterocycles. The molecule has 1 aliphatic rings. The predicted molar refractivity (Wildman–Crippen MR) is 157 cm³/mol. The quantitative estimate of drug-likeness (QED) is 0.284. The van der Waals surface area contributed by atoms with E-state index in [0.29, 0.717) is 6.04 Å². The van der Waals surface area contributed by atoms with E-state index in [1.54, 1.807) is 7.11 Å². The highest BCUT2D eigenvalue weighted by atomic mass is 16.5. The number of benzene rings is 3. The van der Waals surface area contributed by atoms with Crippen molar-refractivity contribution in [3.05, 3.63) is 71.8 Å². The third kappa shape index (κ3) is 6.38. The molecule has 0 atom stereocenters. The summed E-state index contributed by atoms with van der Waals surface area (Å²) in [5, 5.41) is 3.49. The number of ether oxygens (including phenoxy) is 2. The first-order valence-electron chi connectivity index (χ1n) is 13.9. The van der Waals surface area contributed by atoms with Gasteiger partial charge in [-0.15, -0.1) is 0 Å². The lowest BCUT2D eigenvalue weighted by molar-refractivity contribution is 0.306. The highest BCUT2D eigenvalue weighted by Crippen LogP contribution is 2.47. The second kappa shape index (κ2) is 11.3. The fourth-order valence-electron chi connectivity index (χ4n) is 5.42. The Morgan fingerprint density at radius 3 is 2.22 bits per heavy atom. The first-order valence-corrected chi connectivity index (χ1v) is 13.9. The number of hydrogen-bond donors (Lipinski definition) is 1. The minimum absolute atomic E-state index is 0.162. The summed E-state index contributed by atoms with van der Waals surface area (Å²) in [4.78, 5) is 0. The van der Waals surface area contributed by atoms with Gasteiger partial charge in [-0.25, -0.2) is 0 Å². The Balaban J connectivity index is 1.70. The van der Waals surface area contributed by atoms with Crippen molar-refractivity contribution >= 4 is 0 Å². The summed E-state index contributed by atoms with van der Waals surface area (Å²) >= 11 is 0. The minimum atomic E-state index is 0.162. The molecule has 3 aromatic carbocycles. The van der Waals surface area contributed by atoms with Gasteiger partial charge in [0.15, 0.2) is 0 Å². The Kier molecular flexibility index (Phi) is 8.33. The van der Waals surface area contributed by atoms with Crippen molar-refractivity contribution in [1.29, 1.82) is 0 Å². The molecule has 3 heteroatoms. The molecule has 3 nitrogen and oxygen atoms in total. The molecule has 0 spiro atoms. The molecule has 1 N–H and O–H groups in total. The first-order chi connectivity index (χ1) is 17.6. The van der Waals surface area contributed by atoms with E-state index in [4.69, 9.17) is 9.47 Å². The second-order valence-corrected chi connectivity index (χ2v) is 12.1. The zero-order valence-electron chi connectivity index (χ0n) is 23.9. The molecule has 0 radical (unpaired) electrons. The molecular weight excluding hydrogens is 454 g/mol. The van der Waals surface area contributed by atoms with Crippen molar-refractivity contribution in [1.82, 2.24) is 5.32 Å². The van der Waals surface area contributed by atoms with Crippen LogP contribution in [0.1, 0.15) is 78.4 Å². The van der Waals surface area contributed by atoms with E-state index >= 15 is 0 Å². The highest BCUT2D eigenvalue weighted by Gasteiger charge is 2.37. The number of rotatable bonds is 10. The van der Waals surface area contributed by atoms with E-state index in [-0.39, 0.29) is 10.8 Å². The van der Waals surface area contributed by atoms with Gasteiger partial charge in [0, 0.05) is 11.6 Å². The number of unbranched alkanes of at least 4 members (excludes halogenated alkanes) is 1. The van der Waals surface area contributed by atoms with E-state index in [9.17, 15) is 0 Å². The van der Waals surface area contributed by atoms with Gasteiger partial charge in [-0.05, 0) is 95.1 Å². The van der Waals surface area contributed by atoms with E-state index in [1.807, 2.05) is 12.1 Å². The number of nitrogens with one attached hydrogen (secondary N) is 1. The van der Waals surface area contributed by atoms with E-state index < -0.39 is 0 Å². The van der Waals surface area contributed by atoms with Gasteiger partial charge < -0.3 is 14.8 Å². The number of hydrogen-bond acceptors (Lipinski definition) is 3. The molecule has 0 unspecified atom stereocenters. The molecular formula is C34H45NO2. The summed E-state index contributed by atoms with van der Waals surface area (Å²) in [6, 6.07) is 22.5. The Labute approximate surface area is 224 Å². The zero-order chi connectivity index (χ0) is 26.6. The summed E-state index contributed by atoms with van der Waals surface area (Å²) in [7, 11) is 1.72. The first kappa shape index (κ1) is 27.3. The topological polar surface area (TPSA) is 30.5 Å². The lowest BCUT2D eigenvalue weighted by Gasteiger charge is -2.42. The summed E-state index contributed by atoms with van der Waals surface area (Å²) in [6.45, 7) is 15.7. The summed E-state index contributed by atoms with van der Waals surface area (Å²) in [6.07, 6.45) is 4.56. The van der Waals surface area contributed by atoms with Gasteiger partial charge in [-0.2, -0.15) is 0 Å². The molecule has 4 rings (SSSR count). The number of fused-ring (bicyclic) bond motifs is 1. The monoisotopic (exact) mass is 499 g/mol. The lowest BCUT2D eigenvalue weighted by atomic mass is 9.63. The van der Waals surface area contributed by atoms with Gasteiger partial charge in [0.05, 0.1) is 13.7 Å². The van der Waals surface area contributed by atoms with Crippen LogP contribution in [0.15, 0.2) is 60.7 Å². The number of methoxy groups -OCH3 is 1. The molecule has 0 saturated heterocycles. The van der Waals surface area contributed by atoms with Gasteiger partial charge in [-0.1, -0.05) is 77.9 Å². The maximum absolute atomic E-state index is 6.42. The van der Waals surface area contributed by atoms with Crippen LogP contribution in [0, 0.1) is 0 Å². The van der Waals surface area contributed by atoms with Crippen LogP contribution >= 0.6 is 0 Å². The molecule has 3 aromatic rings. The molecule has 0 amide bonds. The minimum Gasteiger partial charge on any atom is -0.497 e. The normalized spacial score (nSPS) is 15.9. The Hall–Kier alpha value is -2.78. The van der Waals surface area contributed by atoms with E-state index in [1.165, 1.54) is 35.1 Å². The fourth-order valence-corrected chi connectivity index (χ4v) is 5.42. The van der Waals surface area contributed by atoms with Gasteiger partial charge in [0.2, 0.25) is 0 Å². The van der Waals surface area contributed by atoms with Gasteiger partial charge >= 0.3 is 0 Å². The van der Waals surface area contributed by atoms with Gasteiger partial charge in [-0.3, -0.25) is 0 Å². The predicted octanol–water partition coefficient (Wildman–Crippen LogP) is 8.54. The average molecular weight is 500 g/mol. The van der Waals surface area contributed by atoms with Crippen molar-refractivity contribution in [2.75, 3.05) is 20.3 Å². The molecule has 0 aromatic heterocycles. The largest absolute Gasteiger partial charge is 0.497 e. The Morgan fingerprint density at radius 1 is 0.784 bits per heavy atom. The van der Waals surface area contributed by atoms with Crippen LogP contribution < -0.4 is 14.8 Å². The fraction of sp³-hybridized carbons (Fsp3) is 0.471. The smallest absolute Gasteiger partial charge is 0.127 e. The van der Waals surface area contributed by atoms with Crippen LogP contribution in [0.5, 0.6) is 11.5 Å².